The van der Waals surface area contributed by atoms with E-state index in [1.54, 1.807) is 13.2 Å². The van der Waals surface area contributed by atoms with Gasteiger partial charge in [0.1, 0.15) is 11.5 Å². The molecule has 2 aromatic carbocycles. The predicted molar refractivity (Wildman–Crippen MR) is 88.2 cm³/mol. The third-order valence-electron chi connectivity index (χ3n) is 3.36. The van der Waals surface area contributed by atoms with Crippen LogP contribution >= 0.6 is 0 Å². The number of ether oxygens (including phenoxy) is 1. The summed E-state index contributed by atoms with van der Waals surface area (Å²) in [6.45, 7) is 0. The van der Waals surface area contributed by atoms with Gasteiger partial charge in [-0.1, -0.05) is 30.4 Å². The number of methoxy groups -OCH3 is 1. The summed E-state index contributed by atoms with van der Waals surface area (Å²) < 4.78 is 5.44. The minimum atomic E-state index is 0.331. The molecule has 0 aliphatic rings. The largest absolute Gasteiger partial charge is 0.508 e. The monoisotopic (exact) mass is 283 g/mol. The van der Waals surface area contributed by atoms with E-state index in [0.29, 0.717) is 12.2 Å². The molecule has 0 saturated carbocycles. The molecule has 0 aromatic heterocycles. The van der Waals surface area contributed by atoms with Crippen LogP contribution in [0.4, 0.5) is 5.69 Å². The van der Waals surface area contributed by atoms with Gasteiger partial charge in [-0.25, -0.2) is 0 Å². The zero-order chi connectivity index (χ0) is 15.2. The Morgan fingerprint density at radius 2 is 1.90 bits per heavy atom. The van der Waals surface area contributed by atoms with Crippen molar-refractivity contribution in [1.29, 1.82) is 0 Å². The summed E-state index contributed by atoms with van der Waals surface area (Å²) in [5.74, 6) is 1.17. The molecular weight excluding hydrogens is 262 g/mol. The number of hydrogen-bond donors (Lipinski definition) is 1. The van der Waals surface area contributed by atoms with Crippen molar-refractivity contribution in [3.63, 3.8) is 0 Å². The third-order valence-corrected chi connectivity index (χ3v) is 3.36. The maximum atomic E-state index is 9.74. The normalized spacial score (nSPS) is 10.8. The van der Waals surface area contributed by atoms with Gasteiger partial charge in [-0.05, 0) is 30.2 Å². The Morgan fingerprint density at radius 1 is 1.14 bits per heavy atom. The maximum absolute atomic E-state index is 9.74. The lowest BCUT2D eigenvalue weighted by molar-refractivity contribution is 0.414. The summed E-state index contributed by atoms with van der Waals surface area (Å²) in [5.41, 5.74) is 3.04. The van der Waals surface area contributed by atoms with Crippen LogP contribution in [0.15, 0.2) is 48.5 Å². The molecule has 2 rings (SSSR count). The van der Waals surface area contributed by atoms with Crippen molar-refractivity contribution in [2.45, 2.75) is 6.42 Å². The van der Waals surface area contributed by atoms with Crippen molar-refractivity contribution in [3.05, 3.63) is 59.7 Å². The highest BCUT2D eigenvalue weighted by Gasteiger charge is 2.03. The Morgan fingerprint density at radius 3 is 2.57 bits per heavy atom. The minimum absolute atomic E-state index is 0.331. The van der Waals surface area contributed by atoms with E-state index in [0.717, 1.165) is 22.6 Å². The van der Waals surface area contributed by atoms with Crippen molar-refractivity contribution in [2.75, 3.05) is 26.1 Å². The van der Waals surface area contributed by atoms with E-state index in [2.05, 4.69) is 6.07 Å². The molecule has 0 radical (unpaired) electrons. The number of aromatic hydroxyl groups is 1. The number of nitrogens with zero attached hydrogens (tertiary/aromatic N) is 1. The Balaban J connectivity index is 2.15. The van der Waals surface area contributed by atoms with Gasteiger partial charge in [0.2, 0.25) is 0 Å². The van der Waals surface area contributed by atoms with E-state index < -0.39 is 0 Å². The number of allylic oxidation sites excluding steroid dienone is 1. The van der Waals surface area contributed by atoms with Gasteiger partial charge < -0.3 is 14.7 Å². The number of hydrogen-bond acceptors (Lipinski definition) is 3. The van der Waals surface area contributed by atoms with Gasteiger partial charge in [0.05, 0.1) is 7.11 Å². The molecule has 3 heteroatoms. The topological polar surface area (TPSA) is 32.7 Å². The third kappa shape index (κ3) is 3.78. The van der Waals surface area contributed by atoms with E-state index >= 15 is 0 Å². The lowest BCUT2D eigenvalue weighted by Gasteiger charge is -2.14. The van der Waals surface area contributed by atoms with Crippen LogP contribution in [-0.4, -0.2) is 26.3 Å². The van der Waals surface area contributed by atoms with E-state index in [9.17, 15) is 5.11 Å². The van der Waals surface area contributed by atoms with Gasteiger partial charge >= 0.3 is 0 Å². The molecule has 110 valence electrons. The van der Waals surface area contributed by atoms with Gasteiger partial charge in [-0.2, -0.15) is 0 Å². The fourth-order valence-electron chi connectivity index (χ4n) is 2.11. The lowest BCUT2D eigenvalue weighted by atomic mass is 10.1. The Kier molecular flexibility index (Phi) is 4.88. The standard InChI is InChI=1S/C18H21NO2/c1-19(2)16-12-11-15(18(13-16)21-3)9-6-8-14-7-4-5-10-17(14)20/h4-7,9-13,20H,8H2,1-3H3/b9-6+. The van der Waals surface area contributed by atoms with Crippen LogP contribution in [0.2, 0.25) is 0 Å². The Labute approximate surface area is 126 Å². The summed E-state index contributed by atoms with van der Waals surface area (Å²) in [7, 11) is 5.68. The fourth-order valence-corrected chi connectivity index (χ4v) is 2.11. The second-order valence-electron chi connectivity index (χ2n) is 5.06. The average Bonchev–Trinajstić information content (AvgIpc) is 2.49. The molecule has 0 heterocycles. The first-order valence-corrected chi connectivity index (χ1v) is 6.90. The summed E-state index contributed by atoms with van der Waals surface area (Å²) in [5, 5.41) is 9.74. The summed E-state index contributed by atoms with van der Waals surface area (Å²) >= 11 is 0. The van der Waals surface area contributed by atoms with E-state index in [4.69, 9.17) is 4.74 Å². The summed E-state index contributed by atoms with van der Waals surface area (Å²) in [6.07, 6.45) is 4.73. The summed E-state index contributed by atoms with van der Waals surface area (Å²) in [4.78, 5) is 2.04. The van der Waals surface area contributed by atoms with Crippen molar-refractivity contribution >= 4 is 11.8 Å². The number of anilines is 1. The van der Waals surface area contributed by atoms with Crippen LogP contribution in [-0.2, 0) is 6.42 Å². The van der Waals surface area contributed by atoms with E-state index in [1.807, 2.05) is 61.5 Å². The van der Waals surface area contributed by atoms with Gasteiger partial charge in [0.15, 0.2) is 0 Å². The number of benzene rings is 2. The number of phenolic OH excluding ortho intramolecular Hbond substituents is 1. The molecule has 2 aromatic rings. The Hall–Kier alpha value is -2.42. The van der Waals surface area contributed by atoms with Crippen LogP contribution in [0.5, 0.6) is 11.5 Å². The van der Waals surface area contributed by atoms with Crippen LogP contribution in [0.25, 0.3) is 6.08 Å². The zero-order valence-corrected chi connectivity index (χ0v) is 12.7. The molecule has 0 bridgehead atoms. The van der Waals surface area contributed by atoms with Crippen LogP contribution in [0.3, 0.4) is 0 Å². The molecule has 0 aliphatic heterocycles. The van der Waals surface area contributed by atoms with Gasteiger partial charge in [0, 0.05) is 31.4 Å². The van der Waals surface area contributed by atoms with Gasteiger partial charge in [0.25, 0.3) is 0 Å². The highest BCUT2D eigenvalue weighted by Crippen LogP contribution is 2.26. The zero-order valence-electron chi connectivity index (χ0n) is 12.7. The SMILES string of the molecule is COc1cc(N(C)C)ccc1/C=C/Cc1ccccc1O. The molecule has 0 atom stereocenters. The van der Waals surface area contributed by atoms with Crippen LogP contribution in [0.1, 0.15) is 11.1 Å². The maximum Gasteiger partial charge on any atom is 0.128 e. The first-order chi connectivity index (χ1) is 10.1. The number of phenols is 1. The smallest absolute Gasteiger partial charge is 0.128 e. The first-order valence-electron chi connectivity index (χ1n) is 6.90. The molecule has 3 nitrogen and oxygen atoms in total. The number of rotatable bonds is 5. The average molecular weight is 283 g/mol. The van der Waals surface area contributed by atoms with Crippen molar-refractivity contribution in [3.8, 4) is 11.5 Å². The fraction of sp³-hybridized carbons (Fsp3) is 0.222. The van der Waals surface area contributed by atoms with Crippen molar-refractivity contribution < 1.29 is 9.84 Å². The summed E-state index contributed by atoms with van der Waals surface area (Å²) in [6, 6.07) is 13.5. The number of para-hydroxylation sites is 1. The van der Waals surface area contributed by atoms with Gasteiger partial charge in [-0.15, -0.1) is 0 Å². The lowest BCUT2D eigenvalue weighted by Crippen LogP contribution is -2.08. The molecule has 0 amide bonds. The Bertz CT molecular complexity index is 633. The quantitative estimate of drug-likeness (QED) is 0.907. The molecule has 0 aliphatic carbocycles. The molecule has 0 fully saturated rings. The second kappa shape index (κ2) is 6.84. The molecule has 1 N–H and O–H groups in total. The molecular formula is C18H21NO2. The molecule has 0 spiro atoms. The van der Waals surface area contributed by atoms with Crippen LogP contribution in [0, 0.1) is 0 Å². The molecule has 21 heavy (non-hydrogen) atoms. The molecule has 0 unspecified atom stereocenters. The minimum Gasteiger partial charge on any atom is -0.508 e. The second-order valence-corrected chi connectivity index (χ2v) is 5.06. The van der Waals surface area contributed by atoms with Crippen molar-refractivity contribution in [2.24, 2.45) is 0 Å². The predicted octanol–water partition coefficient (Wildman–Crippen LogP) is 3.72. The van der Waals surface area contributed by atoms with Crippen LogP contribution < -0.4 is 9.64 Å². The van der Waals surface area contributed by atoms with Crippen molar-refractivity contribution in [1.82, 2.24) is 0 Å². The van der Waals surface area contributed by atoms with E-state index in [-0.39, 0.29) is 0 Å². The molecule has 0 saturated heterocycles. The van der Waals surface area contributed by atoms with E-state index in [1.165, 1.54) is 0 Å². The van der Waals surface area contributed by atoms with Gasteiger partial charge in [-0.3, -0.25) is 0 Å². The first kappa shape index (κ1) is 15.0. The highest BCUT2D eigenvalue weighted by atomic mass is 16.5. The highest BCUT2D eigenvalue weighted by molar-refractivity contribution is 5.63.